The number of imide groups is 1. The number of hydrogen-bond acceptors (Lipinski definition) is 5. The molecule has 0 aromatic heterocycles. The summed E-state index contributed by atoms with van der Waals surface area (Å²) in [6.07, 6.45) is 1.70. The fourth-order valence-corrected chi connectivity index (χ4v) is 4.80. The average molecular weight is 477 g/mol. The average Bonchev–Trinajstić information content (AvgIpc) is 3.15. The predicted octanol–water partition coefficient (Wildman–Crippen LogP) is 6.53. The molecule has 1 fully saturated rings. The highest BCUT2D eigenvalue weighted by molar-refractivity contribution is 8.18. The summed E-state index contributed by atoms with van der Waals surface area (Å²) in [6, 6.07) is 30.9. The molecule has 2 amide bonds. The lowest BCUT2D eigenvalue weighted by Gasteiger charge is -2.13. The molecular weight excluding hydrogens is 456 g/mol. The van der Waals surface area contributed by atoms with Gasteiger partial charge in [-0.2, -0.15) is 5.26 Å². The van der Waals surface area contributed by atoms with Gasteiger partial charge in [-0.05, 0) is 63.5 Å². The van der Waals surface area contributed by atoms with Crippen LogP contribution in [0.25, 0.3) is 16.8 Å². The van der Waals surface area contributed by atoms with Crippen molar-refractivity contribution in [1.29, 1.82) is 5.26 Å². The Hall–Kier alpha value is -4.34. The number of nitriles is 1. The largest absolute Gasteiger partial charge is 0.489 e. The topological polar surface area (TPSA) is 70.4 Å². The molecule has 1 aliphatic heterocycles. The van der Waals surface area contributed by atoms with E-state index in [9.17, 15) is 14.9 Å². The molecule has 0 unspecified atom stereocenters. The van der Waals surface area contributed by atoms with Crippen LogP contribution in [-0.2, 0) is 17.9 Å². The molecule has 1 aliphatic rings. The van der Waals surface area contributed by atoms with E-state index < -0.39 is 0 Å². The van der Waals surface area contributed by atoms with Gasteiger partial charge in [0.1, 0.15) is 12.4 Å². The van der Waals surface area contributed by atoms with Crippen molar-refractivity contribution in [2.75, 3.05) is 0 Å². The van der Waals surface area contributed by atoms with E-state index in [0.717, 1.165) is 28.6 Å². The van der Waals surface area contributed by atoms with Gasteiger partial charge >= 0.3 is 0 Å². The Balaban J connectivity index is 1.27. The van der Waals surface area contributed by atoms with Crippen molar-refractivity contribution < 1.29 is 14.3 Å². The highest BCUT2D eigenvalue weighted by Crippen LogP contribution is 2.34. The molecule has 0 saturated carbocycles. The van der Waals surface area contributed by atoms with Crippen molar-refractivity contribution in [1.82, 2.24) is 4.90 Å². The molecule has 1 heterocycles. The Kier molecular flexibility index (Phi) is 6.34. The first-order valence-electron chi connectivity index (χ1n) is 11.1. The van der Waals surface area contributed by atoms with E-state index in [0.29, 0.717) is 22.6 Å². The second kappa shape index (κ2) is 9.88. The minimum atomic E-state index is -0.357. The summed E-state index contributed by atoms with van der Waals surface area (Å²) in [5.41, 5.74) is 3.00. The monoisotopic (exact) mass is 476 g/mol. The van der Waals surface area contributed by atoms with E-state index in [4.69, 9.17) is 4.74 Å². The first-order chi connectivity index (χ1) is 17.1. The summed E-state index contributed by atoms with van der Waals surface area (Å²) in [5.74, 6) is 0.361. The maximum Gasteiger partial charge on any atom is 0.293 e. The Labute approximate surface area is 207 Å². The van der Waals surface area contributed by atoms with Gasteiger partial charge in [-0.1, -0.05) is 72.8 Å². The first-order valence-corrected chi connectivity index (χ1v) is 11.9. The second-order valence-electron chi connectivity index (χ2n) is 8.03. The molecule has 4 aromatic carbocycles. The van der Waals surface area contributed by atoms with Crippen molar-refractivity contribution in [3.8, 4) is 11.8 Å². The number of hydrogen-bond donors (Lipinski definition) is 0. The number of thioether (sulfide) groups is 1. The first kappa shape index (κ1) is 22.5. The van der Waals surface area contributed by atoms with Crippen LogP contribution in [0.1, 0.15) is 22.3 Å². The lowest BCUT2D eigenvalue weighted by molar-refractivity contribution is -0.123. The standard InChI is InChI=1S/C29H20N2O3S/c30-17-22-7-1-2-8-23(22)18-31-28(32)27(35-29(31)33)16-20-12-14-25(15-13-20)34-19-24-10-5-9-21-6-3-4-11-26(21)24/h1-16H,18-19H2/b27-16+. The van der Waals surface area contributed by atoms with E-state index >= 15 is 0 Å². The smallest absolute Gasteiger partial charge is 0.293 e. The Morgan fingerprint density at radius 2 is 1.57 bits per heavy atom. The molecule has 0 atom stereocenters. The molecule has 170 valence electrons. The van der Waals surface area contributed by atoms with Crippen LogP contribution in [0.3, 0.4) is 0 Å². The van der Waals surface area contributed by atoms with Gasteiger partial charge < -0.3 is 4.74 Å². The van der Waals surface area contributed by atoms with Gasteiger partial charge in [0.05, 0.1) is 23.1 Å². The number of rotatable bonds is 6. The fraction of sp³-hybridized carbons (Fsp3) is 0.0690. The quantitative estimate of drug-likeness (QED) is 0.296. The highest BCUT2D eigenvalue weighted by Gasteiger charge is 2.35. The van der Waals surface area contributed by atoms with Gasteiger partial charge in [0.15, 0.2) is 0 Å². The van der Waals surface area contributed by atoms with Crippen LogP contribution >= 0.6 is 11.8 Å². The van der Waals surface area contributed by atoms with E-state index in [1.165, 1.54) is 15.7 Å². The molecule has 4 aromatic rings. The number of benzene rings is 4. The van der Waals surface area contributed by atoms with Crippen LogP contribution in [0.4, 0.5) is 4.79 Å². The molecule has 0 N–H and O–H groups in total. The summed E-state index contributed by atoms with van der Waals surface area (Å²) in [4.78, 5) is 26.9. The van der Waals surface area contributed by atoms with E-state index in [1.54, 1.807) is 30.3 Å². The molecule has 0 bridgehead atoms. The zero-order valence-electron chi connectivity index (χ0n) is 18.7. The van der Waals surface area contributed by atoms with Crippen molar-refractivity contribution in [2.24, 2.45) is 0 Å². The SMILES string of the molecule is N#Cc1ccccc1CN1C(=O)S/C(=C/c2ccc(OCc3cccc4ccccc34)cc2)C1=O. The van der Waals surface area contributed by atoms with Crippen molar-refractivity contribution >= 4 is 39.8 Å². The van der Waals surface area contributed by atoms with Crippen LogP contribution in [0.2, 0.25) is 0 Å². The molecule has 5 rings (SSSR count). The Bertz CT molecular complexity index is 1500. The zero-order chi connectivity index (χ0) is 24.2. The molecule has 6 heteroatoms. The number of carbonyl (C=O) groups is 2. The third-order valence-electron chi connectivity index (χ3n) is 5.79. The molecule has 0 spiro atoms. The normalized spacial score (nSPS) is 14.5. The predicted molar refractivity (Wildman–Crippen MR) is 137 cm³/mol. The van der Waals surface area contributed by atoms with Gasteiger partial charge in [-0.15, -0.1) is 0 Å². The second-order valence-corrected chi connectivity index (χ2v) is 9.03. The number of fused-ring (bicyclic) bond motifs is 1. The highest BCUT2D eigenvalue weighted by atomic mass is 32.2. The number of nitrogens with zero attached hydrogens (tertiary/aromatic N) is 2. The fourth-order valence-electron chi connectivity index (χ4n) is 3.96. The summed E-state index contributed by atoms with van der Waals surface area (Å²) < 4.78 is 5.99. The van der Waals surface area contributed by atoms with E-state index in [2.05, 4.69) is 30.3 Å². The van der Waals surface area contributed by atoms with Crippen LogP contribution < -0.4 is 4.74 Å². The molecule has 0 radical (unpaired) electrons. The lowest BCUT2D eigenvalue weighted by atomic mass is 10.1. The van der Waals surface area contributed by atoms with Crippen LogP contribution in [0.15, 0.2) is 95.9 Å². The van der Waals surface area contributed by atoms with Gasteiger partial charge in [0, 0.05) is 0 Å². The molecule has 5 nitrogen and oxygen atoms in total. The third kappa shape index (κ3) is 4.81. The number of carbonyl (C=O) groups excluding carboxylic acids is 2. The molecule has 0 aliphatic carbocycles. The molecule has 35 heavy (non-hydrogen) atoms. The van der Waals surface area contributed by atoms with Crippen LogP contribution in [-0.4, -0.2) is 16.0 Å². The summed E-state index contributed by atoms with van der Waals surface area (Å²) in [7, 11) is 0. The Morgan fingerprint density at radius 1 is 0.857 bits per heavy atom. The van der Waals surface area contributed by atoms with E-state index in [-0.39, 0.29) is 17.7 Å². The maximum atomic E-state index is 12.9. The summed E-state index contributed by atoms with van der Waals surface area (Å²) >= 11 is 0.907. The van der Waals surface area contributed by atoms with Gasteiger partial charge in [0.2, 0.25) is 0 Å². The molecule has 1 saturated heterocycles. The number of ether oxygens (including phenoxy) is 1. The Morgan fingerprint density at radius 3 is 2.40 bits per heavy atom. The zero-order valence-corrected chi connectivity index (χ0v) is 19.5. The third-order valence-corrected chi connectivity index (χ3v) is 6.70. The minimum absolute atomic E-state index is 0.0761. The van der Waals surface area contributed by atoms with Crippen molar-refractivity contribution in [3.05, 3.63) is 118 Å². The van der Waals surface area contributed by atoms with Crippen LogP contribution in [0.5, 0.6) is 5.75 Å². The summed E-state index contributed by atoms with van der Waals surface area (Å²) in [5, 5.41) is 11.3. The lowest BCUT2D eigenvalue weighted by Crippen LogP contribution is -2.27. The van der Waals surface area contributed by atoms with Crippen LogP contribution in [0, 0.1) is 11.3 Å². The van der Waals surface area contributed by atoms with Gasteiger partial charge in [-0.3, -0.25) is 14.5 Å². The van der Waals surface area contributed by atoms with E-state index in [1.807, 2.05) is 42.5 Å². The van der Waals surface area contributed by atoms with Gasteiger partial charge in [-0.25, -0.2) is 0 Å². The van der Waals surface area contributed by atoms with Gasteiger partial charge in [0.25, 0.3) is 11.1 Å². The summed E-state index contributed by atoms with van der Waals surface area (Å²) in [6.45, 7) is 0.524. The van der Waals surface area contributed by atoms with Crippen molar-refractivity contribution in [3.63, 3.8) is 0 Å². The maximum absolute atomic E-state index is 12.9. The number of amides is 2. The van der Waals surface area contributed by atoms with Crippen molar-refractivity contribution in [2.45, 2.75) is 13.2 Å². The minimum Gasteiger partial charge on any atom is -0.489 e. The molecular formula is C29H20N2O3S.